The van der Waals surface area contributed by atoms with Gasteiger partial charge in [-0.2, -0.15) is 0 Å². The minimum atomic E-state index is -0.122. The molecule has 0 aliphatic rings. The highest BCUT2D eigenvalue weighted by Crippen LogP contribution is 2.19. The third-order valence-corrected chi connectivity index (χ3v) is 4.14. The zero-order valence-corrected chi connectivity index (χ0v) is 14.1. The normalized spacial score (nSPS) is 15.7. The van der Waals surface area contributed by atoms with Crippen LogP contribution in [0.15, 0.2) is 0 Å². The monoisotopic (exact) mass is 286 g/mol. The van der Waals surface area contributed by atoms with E-state index < -0.39 is 0 Å². The number of rotatable bonds is 12. The maximum Gasteiger partial charge on any atom is 0.311 e. The van der Waals surface area contributed by atoms with Crippen molar-refractivity contribution in [1.29, 1.82) is 0 Å². The van der Waals surface area contributed by atoms with Crippen molar-refractivity contribution in [3.05, 3.63) is 0 Å². The molecule has 0 aromatic carbocycles. The van der Waals surface area contributed by atoms with Crippen LogP contribution < -0.4 is 0 Å². The van der Waals surface area contributed by atoms with Crippen LogP contribution in [0.2, 0.25) is 0 Å². The molecule has 0 saturated heterocycles. The summed E-state index contributed by atoms with van der Waals surface area (Å²) in [4.78, 5) is 12.2. The fourth-order valence-electron chi connectivity index (χ4n) is 2.20. The van der Waals surface area contributed by atoms with Gasteiger partial charge in [-0.25, -0.2) is 0 Å². The van der Waals surface area contributed by atoms with Crippen molar-refractivity contribution >= 4 is 5.97 Å². The van der Waals surface area contributed by atoms with E-state index in [9.17, 15) is 4.79 Å². The van der Waals surface area contributed by atoms with E-state index >= 15 is 0 Å². The van der Waals surface area contributed by atoms with E-state index in [-0.39, 0.29) is 11.9 Å². The summed E-state index contributed by atoms with van der Waals surface area (Å²) in [6, 6.07) is 0. The summed E-state index contributed by atoms with van der Waals surface area (Å²) in [5, 5.41) is 0. The van der Waals surface area contributed by atoms with Crippen LogP contribution >= 0.6 is 0 Å². The number of esters is 1. The van der Waals surface area contributed by atoms with Gasteiger partial charge in [-0.05, 0) is 25.2 Å². The first-order chi connectivity index (χ1) is 9.60. The van der Waals surface area contributed by atoms with E-state index in [1.807, 2.05) is 6.92 Å². The number of hydrogen-bond donors (Lipinski definition) is 0. The highest BCUT2D eigenvalue weighted by molar-refractivity contribution is 5.72. The molecule has 0 rings (SSSR count). The lowest BCUT2D eigenvalue weighted by Gasteiger charge is -2.23. The second-order valence-electron chi connectivity index (χ2n) is 5.70. The summed E-state index contributed by atoms with van der Waals surface area (Å²) in [7, 11) is 0. The Balaban J connectivity index is 4.28. The van der Waals surface area contributed by atoms with Gasteiger partial charge < -0.3 is 9.47 Å². The Labute approximate surface area is 125 Å². The minimum Gasteiger partial charge on any atom is -0.465 e. The molecule has 0 aliphatic heterocycles. The van der Waals surface area contributed by atoms with Gasteiger partial charge in [-0.3, -0.25) is 4.79 Å². The van der Waals surface area contributed by atoms with Gasteiger partial charge >= 0.3 is 5.97 Å². The molecule has 0 N–H and O–H groups in total. The van der Waals surface area contributed by atoms with Gasteiger partial charge in [0, 0.05) is 6.61 Å². The van der Waals surface area contributed by atoms with Crippen molar-refractivity contribution in [3.63, 3.8) is 0 Å². The van der Waals surface area contributed by atoms with Crippen molar-refractivity contribution in [1.82, 2.24) is 0 Å². The van der Waals surface area contributed by atoms with E-state index in [0.29, 0.717) is 31.7 Å². The number of unbranched alkanes of at least 4 members (excludes halogenated alkanes) is 1. The Morgan fingerprint density at radius 2 is 1.75 bits per heavy atom. The fraction of sp³-hybridized carbons (Fsp3) is 0.941. The molecule has 0 saturated carbocycles. The Hall–Kier alpha value is -0.570. The maximum atomic E-state index is 12.2. The van der Waals surface area contributed by atoms with E-state index in [1.54, 1.807) is 0 Å². The Bertz CT molecular complexity index is 240. The average Bonchev–Trinajstić information content (AvgIpc) is 2.47. The van der Waals surface area contributed by atoms with Crippen molar-refractivity contribution in [2.75, 3.05) is 19.8 Å². The second-order valence-corrected chi connectivity index (χ2v) is 5.70. The van der Waals surface area contributed by atoms with Crippen LogP contribution in [0.5, 0.6) is 0 Å². The van der Waals surface area contributed by atoms with Gasteiger partial charge in [-0.15, -0.1) is 0 Å². The number of ether oxygens (including phenoxy) is 2. The van der Waals surface area contributed by atoms with Crippen LogP contribution in [0.4, 0.5) is 0 Å². The first-order valence-corrected chi connectivity index (χ1v) is 8.34. The number of hydrogen-bond acceptors (Lipinski definition) is 3. The summed E-state index contributed by atoms with van der Waals surface area (Å²) < 4.78 is 11.0. The topological polar surface area (TPSA) is 35.5 Å². The molecule has 0 heterocycles. The fourth-order valence-corrected chi connectivity index (χ4v) is 2.20. The quantitative estimate of drug-likeness (QED) is 0.497. The van der Waals surface area contributed by atoms with Crippen LogP contribution in [-0.4, -0.2) is 25.8 Å². The summed E-state index contributed by atoms with van der Waals surface area (Å²) in [6.07, 6.45) is 5.61. The molecule has 3 atom stereocenters. The third-order valence-electron chi connectivity index (χ3n) is 4.14. The van der Waals surface area contributed by atoms with E-state index in [2.05, 4.69) is 27.7 Å². The summed E-state index contributed by atoms with van der Waals surface area (Å²) >= 11 is 0. The zero-order chi connectivity index (χ0) is 15.4. The molecular weight excluding hydrogens is 252 g/mol. The van der Waals surface area contributed by atoms with Crippen LogP contribution in [0.1, 0.15) is 66.7 Å². The molecule has 0 aromatic rings. The van der Waals surface area contributed by atoms with Crippen molar-refractivity contribution < 1.29 is 14.3 Å². The summed E-state index contributed by atoms with van der Waals surface area (Å²) in [5.74, 6) is 0.611. The SMILES string of the molecule is CCCCC(CC)COC(=O)C(COCC)C(C)CC. The van der Waals surface area contributed by atoms with Crippen molar-refractivity contribution in [2.45, 2.75) is 66.7 Å². The highest BCUT2D eigenvalue weighted by atomic mass is 16.5. The predicted octanol–water partition coefficient (Wildman–Crippen LogP) is 4.44. The molecule has 120 valence electrons. The van der Waals surface area contributed by atoms with E-state index in [0.717, 1.165) is 19.3 Å². The number of carbonyl (C=O) groups excluding carboxylic acids is 1. The van der Waals surface area contributed by atoms with Crippen LogP contribution in [0, 0.1) is 17.8 Å². The van der Waals surface area contributed by atoms with Gasteiger partial charge in [0.25, 0.3) is 0 Å². The lowest BCUT2D eigenvalue weighted by atomic mass is 9.92. The molecule has 0 fully saturated rings. The third kappa shape index (κ3) is 7.88. The highest BCUT2D eigenvalue weighted by Gasteiger charge is 2.26. The van der Waals surface area contributed by atoms with Gasteiger partial charge in [0.15, 0.2) is 0 Å². The van der Waals surface area contributed by atoms with Crippen LogP contribution in [-0.2, 0) is 14.3 Å². The summed E-state index contributed by atoms with van der Waals surface area (Å²) in [6.45, 7) is 12.2. The minimum absolute atomic E-state index is 0.0808. The molecule has 20 heavy (non-hydrogen) atoms. The van der Waals surface area contributed by atoms with Crippen LogP contribution in [0.3, 0.4) is 0 Å². The van der Waals surface area contributed by atoms with Crippen molar-refractivity contribution in [2.24, 2.45) is 17.8 Å². The lowest BCUT2D eigenvalue weighted by molar-refractivity contribution is -0.154. The first-order valence-electron chi connectivity index (χ1n) is 8.34. The maximum absolute atomic E-state index is 12.2. The standard InChI is InChI=1S/C17H34O3/c1-6-10-11-15(8-3)12-20-17(18)16(13-19-9-4)14(5)7-2/h14-16H,6-13H2,1-5H3. The Morgan fingerprint density at radius 1 is 1.05 bits per heavy atom. The zero-order valence-electron chi connectivity index (χ0n) is 14.1. The number of carbonyl (C=O) groups is 1. The summed E-state index contributed by atoms with van der Waals surface area (Å²) in [5.41, 5.74) is 0. The van der Waals surface area contributed by atoms with Gasteiger partial charge in [0.05, 0.1) is 19.1 Å². The second kappa shape index (κ2) is 12.2. The average molecular weight is 286 g/mol. The molecule has 0 amide bonds. The Kier molecular flexibility index (Phi) is 11.8. The molecule has 0 aliphatic carbocycles. The van der Waals surface area contributed by atoms with Gasteiger partial charge in [-0.1, -0.05) is 53.4 Å². The predicted molar refractivity (Wildman–Crippen MR) is 83.7 cm³/mol. The largest absolute Gasteiger partial charge is 0.465 e. The first kappa shape index (κ1) is 19.4. The smallest absolute Gasteiger partial charge is 0.311 e. The van der Waals surface area contributed by atoms with E-state index in [1.165, 1.54) is 12.8 Å². The molecule has 0 spiro atoms. The molecule has 3 heteroatoms. The molecule has 3 unspecified atom stereocenters. The van der Waals surface area contributed by atoms with Crippen molar-refractivity contribution in [3.8, 4) is 0 Å². The molecule has 0 radical (unpaired) electrons. The lowest BCUT2D eigenvalue weighted by Crippen LogP contribution is -2.30. The Morgan fingerprint density at radius 3 is 2.25 bits per heavy atom. The molecular formula is C17H34O3. The van der Waals surface area contributed by atoms with Gasteiger partial charge in [0.2, 0.25) is 0 Å². The molecule has 0 bridgehead atoms. The molecule has 3 nitrogen and oxygen atoms in total. The van der Waals surface area contributed by atoms with E-state index in [4.69, 9.17) is 9.47 Å². The van der Waals surface area contributed by atoms with Crippen LogP contribution in [0.25, 0.3) is 0 Å². The molecule has 0 aromatic heterocycles. The van der Waals surface area contributed by atoms with Gasteiger partial charge in [0.1, 0.15) is 0 Å².